The van der Waals surface area contributed by atoms with E-state index in [0.717, 1.165) is 19.7 Å². The van der Waals surface area contributed by atoms with Gasteiger partial charge in [0.2, 0.25) is 0 Å². The zero-order valence-corrected chi connectivity index (χ0v) is 11.7. The van der Waals surface area contributed by atoms with Crippen molar-refractivity contribution in [1.29, 1.82) is 0 Å². The molecule has 0 unspecified atom stereocenters. The van der Waals surface area contributed by atoms with Crippen LogP contribution in [0, 0.1) is 0 Å². The highest BCUT2D eigenvalue weighted by molar-refractivity contribution is 4.98. The summed E-state index contributed by atoms with van der Waals surface area (Å²) >= 11 is 0. The van der Waals surface area contributed by atoms with Crippen LogP contribution < -0.4 is 5.32 Å². The average molecular weight is 239 g/mol. The lowest BCUT2D eigenvalue weighted by atomic mass is 10.1. The van der Waals surface area contributed by atoms with E-state index in [0.29, 0.717) is 0 Å². The van der Waals surface area contributed by atoms with Crippen molar-refractivity contribution in [3.8, 4) is 0 Å². The first kappa shape index (κ1) is 14.2. The number of ether oxygens (including phenoxy) is 1. The molecule has 1 rings (SSSR count). The van der Waals surface area contributed by atoms with E-state index in [1.54, 1.807) is 0 Å². The summed E-state index contributed by atoms with van der Waals surface area (Å²) in [6.07, 6.45) is 4.06. The first-order valence-electron chi connectivity index (χ1n) is 6.24. The van der Waals surface area contributed by atoms with Crippen molar-refractivity contribution < 1.29 is 4.74 Å². The molecule has 4 nitrogen and oxygen atoms in total. The van der Waals surface area contributed by atoms with Gasteiger partial charge in [-0.25, -0.2) is 4.98 Å². The van der Waals surface area contributed by atoms with E-state index in [9.17, 15) is 0 Å². The summed E-state index contributed by atoms with van der Waals surface area (Å²) in [5, 5.41) is 3.46. The Morgan fingerprint density at radius 1 is 1.41 bits per heavy atom. The molecule has 1 aromatic heterocycles. The van der Waals surface area contributed by atoms with Gasteiger partial charge < -0.3 is 14.6 Å². The lowest BCUT2D eigenvalue weighted by molar-refractivity contribution is 0.0723. The molecule has 98 valence electrons. The van der Waals surface area contributed by atoms with E-state index in [1.807, 2.05) is 12.5 Å². The summed E-state index contributed by atoms with van der Waals surface area (Å²) in [6.45, 7) is 13.0. The predicted molar refractivity (Wildman–Crippen MR) is 69.9 cm³/mol. The van der Waals surface area contributed by atoms with E-state index in [1.165, 1.54) is 5.69 Å². The number of aromatic nitrogens is 2. The van der Waals surface area contributed by atoms with Gasteiger partial charge in [0.05, 0.1) is 24.7 Å². The summed E-state index contributed by atoms with van der Waals surface area (Å²) in [4.78, 5) is 4.19. The van der Waals surface area contributed by atoms with E-state index in [-0.39, 0.29) is 11.6 Å². The average Bonchev–Trinajstić information content (AvgIpc) is 2.61. The van der Waals surface area contributed by atoms with Gasteiger partial charge in [-0.1, -0.05) is 0 Å². The van der Waals surface area contributed by atoms with Gasteiger partial charge in [-0.3, -0.25) is 0 Å². The van der Waals surface area contributed by atoms with Gasteiger partial charge in [0.25, 0.3) is 0 Å². The maximum absolute atomic E-state index is 5.55. The van der Waals surface area contributed by atoms with E-state index in [2.05, 4.69) is 49.5 Å². The van der Waals surface area contributed by atoms with E-state index >= 15 is 0 Å². The molecule has 0 aliphatic heterocycles. The Hall–Kier alpha value is -0.870. The van der Waals surface area contributed by atoms with Gasteiger partial charge in [0.1, 0.15) is 0 Å². The smallest absolute Gasteiger partial charge is 0.0949 e. The first-order valence-corrected chi connectivity index (χ1v) is 6.24. The van der Waals surface area contributed by atoms with E-state index in [4.69, 9.17) is 4.74 Å². The lowest BCUT2D eigenvalue weighted by Gasteiger charge is -2.21. The van der Waals surface area contributed by atoms with Crippen molar-refractivity contribution in [1.82, 2.24) is 14.9 Å². The van der Waals surface area contributed by atoms with Gasteiger partial charge in [-0.15, -0.1) is 0 Å². The Labute approximate surface area is 104 Å². The van der Waals surface area contributed by atoms with Crippen LogP contribution >= 0.6 is 0 Å². The summed E-state index contributed by atoms with van der Waals surface area (Å²) < 4.78 is 7.69. The van der Waals surface area contributed by atoms with Crippen LogP contribution in [-0.4, -0.2) is 27.8 Å². The monoisotopic (exact) mass is 239 g/mol. The molecule has 0 aliphatic rings. The fraction of sp³-hybridized carbons (Fsp3) is 0.769. The molecule has 0 radical (unpaired) electrons. The van der Waals surface area contributed by atoms with Gasteiger partial charge in [0.15, 0.2) is 0 Å². The van der Waals surface area contributed by atoms with Crippen molar-refractivity contribution in [3.05, 3.63) is 18.2 Å². The highest BCUT2D eigenvalue weighted by atomic mass is 16.5. The summed E-state index contributed by atoms with van der Waals surface area (Å²) in [5.74, 6) is 0. The molecular formula is C13H25N3O. The van der Waals surface area contributed by atoms with Crippen LogP contribution in [0.25, 0.3) is 0 Å². The minimum absolute atomic E-state index is 0.129. The van der Waals surface area contributed by atoms with Gasteiger partial charge in [-0.05, 0) is 34.6 Å². The Bertz CT molecular complexity index is 326. The normalized spacial score (nSPS) is 12.4. The largest absolute Gasteiger partial charge is 0.377 e. The topological polar surface area (TPSA) is 39.1 Å². The maximum atomic E-state index is 5.55. The Morgan fingerprint density at radius 2 is 2.12 bits per heavy atom. The van der Waals surface area contributed by atoms with Crippen LogP contribution in [0.15, 0.2) is 12.5 Å². The molecule has 0 saturated carbocycles. The van der Waals surface area contributed by atoms with Crippen LogP contribution in [0.2, 0.25) is 0 Å². The molecule has 0 aliphatic carbocycles. The number of hydrogen-bond acceptors (Lipinski definition) is 3. The van der Waals surface area contributed by atoms with Crippen LogP contribution in [0.3, 0.4) is 0 Å². The Morgan fingerprint density at radius 3 is 2.71 bits per heavy atom. The zero-order chi connectivity index (χ0) is 12.9. The number of nitrogens with zero attached hydrogens (tertiary/aromatic N) is 2. The molecule has 0 saturated heterocycles. The van der Waals surface area contributed by atoms with Crippen molar-refractivity contribution in [3.63, 3.8) is 0 Å². The minimum atomic E-state index is 0.129. The Balaban J connectivity index is 2.43. The molecule has 0 atom stereocenters. The quantitative estimate of drug-likeness (QED) is 0.827. The standard InChI is InChI=1S/C13H25N3O/c1-11(2)17-7-6-16-10-14-8-12(16)9-15-13(3,4)5/h8,10-11,15H,6-7,9H2,1-5H3. The summed E-state index contributed by atoms with van der Waals surface area (Å²) in [7, 11) is 0. The third-order valence-corrected chi connectivity index (χ3v) is 2.38. The number of nitrogens with one attached hydrogen (secondary N) is 1. The van der Waals surface area contributed by atoms with Crippen molar-refractivity contribution >= 4 is 0 Å². The lowest BCUT2D eigenvalue weighted by Crippen LogP contribution is -2.35. The van der Waals surface area contributed by atoms with E-state index < -0.39 is 0 Å². The number of imidazole rings is 1. The Kier molecular flexibility index (Phi) is 5.15. The molecule has 0 spiro atoms. The third-order valence-electron chi connectivity index (χ3n) is 2.38. The number of rotatable bonds is 6. The molecule has 17 heavy (non-hydrogen) atoms. The summed E-state index contributed by atoms with van der Waals surface area (Å²) in [6, 6.07) is 0. The van der Waals surface area contributed by atoms with Crippen LogP contribution in [0.5, 0.6) is 0 Å². The molecule has 4 heteroatoms. The second-order valence-electron chi connectivity index (χ2n) is 5.60. The second kappa shape index (κ2) is 6.17. The number of hydrogen-bond donors (Lipinski definition) is 1. The van der Waals surface area contributed by atoms with Crippen LogP contribution in [0.4, 0.5) is 0 Å². The minimum Gasteiger partial charge on any atom is -0.377 e. The second-order valence-corrected chi connectivity index (χ2v) is 5.60. The fourth-order valence-corrected chi connectivity index (χ4v) is 1.44. The van der Waals surface area contributed by atoms with Gasteiger partial charge in [-0.2, -0.15) is 0 Å². The highest BCUT2D eigenvalue weighted by Crippen LogP contribution is 2.04. The molecule has 0 bridgehead atoms. The van der Waals surface area contributed by atoms with Gasteiger partial charge in [0, 0.05) is 24.8 Å². The predicted octanol–water partition coefficient (Wildman–Crippen LogP) is 2.20. The molecule has 0 aromatic carbocycles. The van der Waals surface area contributed by atoms with Crippen LogP contribution in [0.1, 0.15) is 40.3 Å². The van der Waals surface area contributed by atoms with Crippen molar-refractivity contribution in [2.24, 2.45) is 0 Å². The maximum Gasteiger partial charge on any atom is 0.0949 e. The summed E-state index contributed by atoms with van der Waals surface area (Å²) in [5.41, 5.74) is 1.33. The first-order chi connectivity index (χ1) is 7.88. The molecule has 1 N–H and O–H groups in total. The van der Waals surface area contributed by atoms with Crippen molar-refractivity contribution in [2.75, 3.05) is 6.61 Å². The SMILES string of the molecule is CC(C)OCCn1cncc1CNC(C)(C)C. The third kappa shape index (κ3) is 5.84. The molecule has 0 amide bonds. The van der Waals surface area contributed by atoms with Gasteiger partial charge >= 0.3 is 0 Å². The molecule has 1 aromatic rings. The molecular weight excluding hydrogens is 214 g/mol. The van der Waals surface area contributed by atoms with Crippen LogP contribution in [-0.2, 0) is 17.8 Å². The molecule has 0 fully saturated rings. The molecule has 1 heterocycles. The fourth-order valence-electron chi connectivity index (χ4n) is 1.44. The highest BCUT2D eigenvalue weighted by Gasteiger charge is 2.10. The zero-order valence-electron chi connectivity index (χ0n) is 11.7. The van der Waals surface area contributed by atoms with Crippen molar-refractivity contribution in [2.45, 2.75) is 59.4 Å².